The summed E-state index contributed by atoms with van der Waals surface area (Å²) in [5.41, 5.74) is -2.20. The highest BCUT2D eigenvalue weighted by atomic mass is 16.6. The van der Waals surface area contributed by atoms with Gasteiger partial charge in [0.2, 0.25) is 0 Å². The van der Waals surface area contributed by atoms with Crippen LogP contribution in [0.3, 0.4) is 0 Å². The minimum Gasteiger partial charge on any atom is -0.456 e. The molecule has 0 heterocycles. The van der Waals surface area contributed by atoms with Crippen LogP contribution >= 0.6 is 0 Å². The third kappa shape index (κ3) is 3.20. The molecule has 0 N–H and O–H groups in total. The van der Waals surface area contributed by atoms with Crippen LogP contribution in [0, 0.1) is 5.92 Å². The first-order valence-corrected chi connectivity index (χ1v) is 8.74. The summed E-state index contributed by atoms with van der Waals surface area (Å²) in [6.07, 6.45) is 5.39. The number of carbonyl (C=O) groups is 3. The summed E-state index contributed by atoms with van der Waals surface area (Å²) in [5.74, 6) is -1.42. The van der Waals surface area contributed by atoms with Crippen molar-refractivity contribution in [1.82, 2.24) is 0 Å². The molecule has 140 valence electrons. The molecule has 4 fully saturated rings. The van der Waals surface area contributed by atoms with Crippen molar-refractivity contribution in [3.05, 3.63) is 37.5 Å². The second-order valence-electron chi connectivity index (χ2n) is 7.98. The third-order valence-electron chi connectivity index (χ3n) is 5.54. The van der Waals surface area contributed by atoms with Crippen LogP contribution in [0.2, 0.25) is 0 Å². The first kappa shape index (κ1) is 18.4. The van der Waals surface area contributed by atoms with Crippen molar-refractivity contribution in [2.24, 2.45) is 5.92 Å². The highest BCUT2D eigenvalue weighted by Gasteiger charge is 2.68. The van der Waals surface area contributed by atoms with Crippen molar-refractivity contribution in [3.63, 3.8) is 0 Å². The standard InChI is InChI=1S/C20H24O6/c1-5-15(21)24-18-7-14-8-19(10-18,25-16(22)6-2)12-20(9-14,11-18)26-17(23)13(3)4/h5-6,14H,1-3,7-12H2,4H3. The number of carbonyl (C=O) groups excluding carboxylic acids is 3. The molecule has 0 saturated heterocycles. The molecule has 2 atom stereocenters. The smallest absolute Gasteiger partial charge is 0.333 e. The Hall–Kier alpha value is -2.37. The molecular formula is C20H24O6. The Bertz CT molecular complexity index is 667. The number of esters is 3. The predicted molar refractivity (Wildman–Crippen MR) is 92.9 cm³/mol. The van der Waals surface area contributed by atoms with Crippen LogP contribution in [0.15, 0.2) is 37.5 Å². The lowest BCUT2D eigenvalue weighted by Gasteiger charge is -2.63. The lowest BCUT2D eigenvalue weighted by molar-refractivity contribution is -0.269. The van der Waals surface area contributed by atoms with E-state index in [-0.39, 0.29) is 5.92 Å². The summed E-state index contributed by atoms with van der Waals surface area (Å²) in [6.45, 7) is 12.1. The van der Waals surface area contributed by atoms with E-state index in [2.05, 4.69) is 19.7 Å². The van der Waals surface area contributed by atoms with E-state index >= 15 is 0 Å². The van der Waals surface area contributed by atoms with E-state index in [9.17, 15) is 14.4 Å². The molecule has 0 aliphatic heterocycles. The van der Waals surface area contributed by atoms with Gasteiger partial charge in [0.15, 0.2) is 0 Å². The highest BCUT2D eigenvalue weighted by molar-refractivity contribution is 5.87. The maximum atomic E-state index is 12.2. The summed E-state index contributed by atoms with van der Waals surface area (Å²) < 4.78 is 17.3. The van der Waals surface area contributed by atoms with Crippen molar-refractivity contribution in [2.75, 3.05) is 0 Å². The number of hydrogen-bond donors (Lipinski definition) is 0. The summed E-state index contributed by atoms with van der Waals surface area (Å²) in [5, 5.41) is 0. The topological polar surface area (TPSA) is 78.9 Å². The van der Waals surface area contributed by atoms with Gasteiger partial charge in [0.05, 0.1) is 0 Å². The molecule has 0 amide bonds. The quantitative estimate of drug-likeness (QED) is 0.412. The molecule has 6 nitrogen and oxygen atoms in total. The van der Waals surface area contributed by atoms with Crippen molar-refractivity contribution in [3.8, 4) is 0 Å². The Morgan fingerprint density at radius 1 is 0.846 bits per heavy atom. The van der Waals surface area contributed by atoms with Gasteiger partial charge < -0.3 is 14.2 Å². The Morgan fingerprint density at radius 3 is 1.58 bits per heavy atom. The first-order chi connectivity index (χ1) is 12.1. The van der Waals surface area contributed by atoms with Gasteiger partial charge in [0.25, 0.3) is 0 Å². The highest BCUT2D eigenvalue weighted by Crippen LogP contribution is 2.63. The monoisotopic (exact) mass is 360 g/mol. The van der Waals surface area contributed by atoms with Crippen LogP contribution in [0.25, 0.3) is 0 Å². The van der Waals surface area contributed by atoms with Gasteiger partial charge >= 0.3 is 17.9 Å². The van der Waals surface area contributed by atoms with Gasteiger partial charge in [-0.05, 0) is 32.1 Å². The van der Waals surface area contributed by atoms with Gasteiger partial charge in [-0.2, -0.15) is 0 Å². The normalized spacial score (nSPS) is 36.7. The average Bonchev–Trinajstić information content (AvgIpc) is 2.51. The SMILES string of the molecule is C=CC(=O)OC12CC3CC(OC(=O)C=C)(C1)CC(OC(=O)C(=C)C)(C3)C2. The molecule has 4 aliphatic carbocycles. The molecule has 4 bridgehead atoms. The van der Waals surface area contributed by atoms with E-state index in [4.69, 9.17) is 14.2 Å². The summed E-state index contributed by atoms with van der Waals surface area (Å²) >= 11 is 0. The molecule has 0 aromatic carbocycles. The predicted octanol–water partition coefficient (Wildman–Crippen LogP) is 2.78. The number of ether oxygens (including phenoxy) is 3. The molecule has 26 heavy (non-hydrogen) atoms. The van der Waals surface area contributed by atoms with E-state index < -0.39 is 34.7 Å². The van der Waals surface area contributed by atoms with Gasteiger partial charge in [0.1, 0.15) is 16.8 Å². The molecule has 6 heteroatoms. The molecule has 0 spiro atoms. The van der Waals surface area contributed by atoms with E-state index in [0.29, 0.717) is 44.1 Å². The molecular weight excluding hydrogens is 336 g/mol. The zero-order chi connectivity index (χ0) is 19.2. The molecule has 2 unspecified atom stereocenters. The van der Waals surface area contributed by atoms with Gasteiger partial charge in [-0.1, -0.05) is 19.7 Å². The zero-order valence-electron chi connectivity index (χ0n) is 15.0. The van der Waals surface area contributed by atoms with Gasteiger partial charge in [-0.3, -0.25) is 0 Å². The molecule has 0 aromatic rings. The fourth-order valence-electron chi connectivity index (χ4n) is 5.31. The minimum absolute atomic E-state index is 0.124. The van der Waals surface area contributed by atoms with Gasteiger partial charge in [0, 0.05) is 37.0 Å². The van der Waals surface area contributed by atoms with E-state index in [1.54, 1.807) is 6.92 Å². The van der Waals surface area contributed by atoms with Crippen LogP contribution in [0.4, 0.5) is 0 Å². The van der Waals surface area contributed by atoms with Crippen LogP contribution in [0.5, 0.6) is 0 Å². The lowest BCUT2D eigenvalue weighted by atomic mass is 9.50. The average molecular weight is 360 g/mol. The largest absolute Gasteiger partial charge is 0.456 e. The Kier molecular flexibility index (Phi) is 4.33. The third-order valence-corrected chi connectivity index (χ3v) is 5.54. The van der Waals surface area contributed by atoms with Crippen molar-refractivity contribution in [2.45, 2.75) is 62.3 Å². The van der Waals surface area contributed by atoms with Crippen LogP contribution in [-0.2, 0) is 28.6 Å². The summed E-state index contributed by atoms with van der Waals surface area (Å²) in [6, 6.07) is 0. The summed E-state index contributed by atoms with van der Waals surface area (Å²) in [7, 11) is 0. The van der Waals surface area contributed by atoms with Crippen LogP contribution in [0.1, 0.15) is 45.4 Å². The Labute approximate surface area is 152 Å². The maximum absolute atomic E-state index is 12.2. The lowest BCUT2D eigenvalue weighted by Crippen LogP contribution is -2.68. The van der Waals surface area contributed by atoms with Crippen LogP contribution < -0.4 is 0 Å². The maximum Gasteiger partial charge on any atom is 0.333 e. The molecule has 0 radical (unpaired) electrons. The second-order valence-corrected chi connectivity index (χ2v) is 7.98. The van der Waals surface area contributed by atoms with E-state index in [1.165, 1.54) is 0 Å². The van der Waals surface area contributed by atoms with Crippen LogP contribution in [-0.4, -0.2) is 34.7 Å². The number of rotatable bonds is 6. The molecule has 4 saturated carbocycles. The summed E-state index contributed by atoms with van der Waals surface area (Å²) in [4.78, 5) is 36.1. The molecule has 4 rings (SSSR count). The minimum atomic E-state index is -0.835. The zero-order valence-corrected chi connectivity index (χ0v) is 15.0. The number of hydrogen-bond acceptors (Lipinski definition) is 6. The Morgan fingerprint density at radius 2 is 1.23 bits per heavy atom. The van der Waals surface area contributed by atoms with Gasteiger partial charge in [-0.25, -0.2) is 14.4 Å². The van der Waals surface area contributed by atoms with E-state index in [0.717, 1.165) is 12.2 Å². The van der Waals surface area contributed by atoms with Gasteiger partial charge in [-0.15, -0.1) is 0 Å². The Balaban J connectivity index is 1.97. The molecule has 0 aromatic heterocycles. The first-order valence-electron chi connectivity index (χ1n) is 8.74. The van der Waals surface area contributed by atoms with Crippen molar-refractivity contribution < 1.29 is 28.6 Å². The van der Waals surface area contributed by atoms with E-state index in [1.807, 2.05) is 0 Å². The molecule has 4 aliphatic rings. The fraction of sp³-hybridized carbons (Fsp3) is 0.550. The fourth-order valence-corrected chi connectivity index (χ4v) is 5.31. The van der Waals surface area contributed by atoms with Crippen molar-refractivity contribution >= 4 is 17.9 Å². The second kappa shape index (κ2) is 6.11. The van der Waals surface area contributed by atoms with Crippen molar-refractivity contribution in [1.29, 1.82) is 0 Å².